The molecular weight excluding hydrogens is 302 g/mol. The van der Waals surface area contributed by atoms with Crippen LogP contribution in [0.15, 0.2) is 46.6 Å². The lowest BCUT2D eigenvalue weighted by Gasteiger charge is -2.02. The summed E-state index contributed by atoms with van der Waals surface area (Å²) in [5.74, 6) is -1.39. The predicted molar refractivity (Wildman–Crippen MR) is 85.4 cm³/mol. The molecular formula is C15H13N3O3S. The minimum Gasteiger partial charge on any atom is -0.504 e. The van der Waals surface area contributed by atoms with E-state index in [1.54, 1.807) is 0 Å². The van der Waals surface area contributed by atoms with Crippen molar-refractivity contribution in [3.05, 3.63) is 46.8 Å². The molecule has 0 saturated heterocycles. The van der Waals surface area contributed by atoms with Gasteiger partial charge in [0.05, 0.1) is 16.4 Å². The highest BCUT2D eigenvalue weighted by Crippen LogP contribution is 2.36. The van der Waals surface area contributed by atoms with Crippen LogP contribution < -0.4 is 4.80 Å². The molecule has 112 valence electrons. The maximum Gasteiger partial charge on any atom is 0.211 e. The van der Waals surface area contributed by atoms with E-state index in [0.717, 1.165) is 10.2 Å². The van der Waals surface area contributed by atoms with Crippen molar-refractivity contribution in [3.63, 3.8) is 0 Å². The minimum absolute atomic E-state index is 0.266. The number of thiazole rings is 1. The van der Waals surface area contributed by atoms with Gasteiger partial charge in [-0.15, -0.1) is 5.10 Å². The molecule has 0 aliphatic rings. The third-order valence-corrected chi connectivity index (χ3v) is 4.32. The largest absolute Gasteiger partial charge is 0.504 e. The predicted octanol–water partition coefficient (Wildman–Crippen LogP) is 2.29. The Bertz CT molecular complexity index is 941. The van der Waals surface area contributed by atoms with Gasteiger partial charge < -0.3 is 19.9 Å². The first-order chi connectivity index (χ1) is 10.6. The number of nitrogens with zero attached hydrogens (tertiary/aromatic N) is 3. The van der Waals surface area contributed by atoms with Gasteiger partial charge in [0.2, 0.25) is 10.6 Å². The van der Waals surface area contributed by atoms with Gasteiger partial charge >= 0.3 is 0 Å². The monoisotopic (exact) mass is 315 g/mol. The molecule has 22 heavy (non-hydrogen) atoms. The molecule has 7 heteroatoms. The van der Waals surface area contributed by atoms with Gasteiger partial charge in [-0.1, -0.05) is 23.5 Å². The molecule has 0 radical (unpaired) electrons. The van der Waals surface area contributed by atoms with E-state index in [4.69, 9.17) is 0 Å². The van der Waals surface area contributed by atoms with Crippen molar-refractivity contribution in [2.24, 2.45) is 17.3 Å². The Morgan fingerprint density at radius 1 is 1.05 bits per heavy atom. The molecule has 0 fully saturated rings. The number of aryl methyl sites for hydroxylation is 1. The van der Waals surface area contributed by atoms with Crippen LogP contribution >= 0.6 is 11.3 Å². The summed E-state index contributed by atoms with van der Waals surface area (Å²) in [5, 5.41) is 36.5. The van der Waals surface area contributed by atoms with Gasteiger partial charge in [-0.25, -0.2) is 0 Å². The highest BCUT2D eigenvalue weighted by Gasteiger charge is 2.09. The molecule has 0 aliphatic heterocycles. The van der Waals surface area contributed by atoms with Gasteiger partial charge in [-0.05, 0) is 24.3 Å². The van der Waals surface area contributed by atoms with Crippen LogP contribution in [0.25, 0.3) is 10.2 Å². The lowest BCUT2D eigenvalue weighted by Crippen LogP contribution is -2.08. The summed E-state index contributed by atoms with van der Waals surface area (Å²) in [6.45, 7) is 0. The molecule has 3 rings (SSSR count). The van der Waals surface area contributed by atoms with E-state index in [1.807, 2.05) is 35.9 Å². The molecule has 1 heterocycles. The summed E-state index contributed by atoms with van der Waals surface area (Å²) in [5.41, 5.74) is 1.33. The molecule has 3 N–H and O–H groups in total. The molecule has 0 atom stereocenters. The molecule has 1 aromatic heterocycles. The molecule has 3 aromatic rings. The van der Waals surface area contributed by atoms with Crippen molar-refractivity contribution in [2.45, 2.75) is 0 Å². The summed E-state index contributed by atoms with van der Waals surface area (Å²) in [4.78, 5) is 0.708. The third-order valence-electron chi connectivity index (χ3n) is 3.22. The van der Waals surface area contributed by atoms with E-state index in [2.05, 4.69) is 10.2 Å². The zero-order valence-electron chi connectivity index (χ0n) is 11.6. The summed E-state index contributed by atoms with van der Waals surface area (Å²) >= 11 is 1.50. The van der Waals surface area contributed by atoms with Crippen molar-refractivity contribution in [3.8, 4) is 17.2 Å². The standard InChI is InChI=1S/C15H13N3O3S/c1-18-10-4-2-3-5-12(10)22-15(18)17-16-8-9-6-7-11(19)14(21)13(9)20/h2-8,19-21H,1H3/b16-8+,17-15+. The molecule has 0 bridgehead atoms. The second kappa shape index (κ2) is 5.53. The molecule has 0 saturated carbocycles. The van der Waals surface area contributed by atoms with Crippen LogP contribution in [-0.4, -0.2) is 26.1 Å². The van der Waals surface area contributed by atoms with Crippen LogP contribution in [0.5, 0.6) is 17.2 Å². The number of hydrogen-bond acceptors (Lipinski definition) is 6. The number of aromatic nitrogens is 1. The number of rotatable bonds is 2. The van der Waals surface area contributed by atoms with E-state index in [0.29, 0.717) is 4.80 Å². The Kier molecular flexibility index (Phi) is 3.56. The Morgan fingerprint density at radius 3 is 2.59 bits per heavy atom. The van der Waals surface area contributed by atoms with Gasteiger partial charge in [0.25, 0.3) is 0 Å². The Balaban J connectivity index is 1.99. The number of aromatic hydroxyl groups is 3. The summed E-state index contributed by atoms with van der Waals surface area (Å²) in [6.07, 6.45) is 1.32. The first-order valence-corrected chi connectivity index (χ1v) is 7.25. The fraction of sp³-hybridized carbons (Fsp3) is 0.0667. The van der Waals surface area contributed by atoms with E-state index < -0.39 is 11.5 Å². The SMILES string of the molecule is Cn1/c(=N\N=C\c2ccc(O)c(O)c2O)sc2ccccc21. The van der Waals surface area contributed by atoms with E-state index in [-0.39, 0.29) is 11.3 Å². The first kappa shape index (κ1) is 14.2. The number of para-hydroxylation sites is 1. The topological polar surface area (TPSA) is 90.3 Å². The number of hydrogen-bond donors (Lipinski definition) is 3. The van der Waals surface area contributed by atoms with Gasteiger partial charge in [0.1, 0.15) is 0 Å². The van der Waals surface area contributed by atoms with Crippen molar-refractivity contribution in [1.82, 2.24) is 4.57 Å². The minimum atomic E-state index is -0.573. The number of phenolic OH excluding ortho intramolecular Hbond substituents is 3. The van der Waals surface area contributed by atoms with Crippen LogP contribution in [0, 0.1) is 0 Å². The zero-order valence-corrected chi connectivity index (χ0v) is 12.4. The average Bonchev–Trinajstić information content (AvgIpc) is 2.84. The quantitative estimate of drug-likeness (QED) is 0.385. The van der Waals surface area contributed by atoms with Gasteiger partial charge in [0, 0.05) is 12.6 Å². The van der Waals surface area contributed by atoms with E-state index in [9.17, 15) is 15.3 Å². The Morgan fingerprint density at radius 2 is 1.82 bits per heavy atom. The average molecular weight is 315 g/mol. The zero-order chi connectivity index (χ0) is 15.7. The second-order valence-corrected chi connectivity index (χ2v) is 5.64. The van der Waals surface area contributed by atoms with Gasteiger partial charge in [-0.3, -0.25) is 0 Å². The molecule has 0 amide bonds. The fourth-order valence-electron chi connectivity index (χ4n) is 2.01. The second-order valence-electron chi connectivity index (χ2n) is 4.63. The van der Waals surface area contributed by atoms with Crippen molar-refractivity contribution in [2.75, 3.05) is 0 Å². The lowest BCUT2D eigenvalue weighted by molar-refractivity contribution is 0.367. The first-order valence-electron chi connectivity index (χ1n) is 6.43. The van der Waals surface area contributed by atoms with Crippen LogP contribution in [-0.2, 0) is 7.05 Å². The summed E-state index contributed by atoms with van der Waals surface area (Å²) in [7, 11) is 1.90. The van der Waals surface area contributed by atoms with Crippen LogP contribution in [0.4, 0.5) is 0 Å². The molecule has 0 aliphatic carbocycles. The van der Waals surface area contributed by atoms with Crippen LogP contribution in [0.3, 0.4) is 0 Å². The van der Waals surface area contributed by atoms with Crippen LogP contribution in [0.2, 0.25) is 0 Å². The molecule has 2 aromatic carbocycles. The van der Waals surface area contributed by atoms with Gasteiger partial charge in [0.15, 0.2) is 11.5 Å². The summed E-state index contributed by atoms with van der Waals surface area (Å²) in [6, 6.07) is 10.6. The normalized spacial score (nSPS) is 12.5. The Labute approximate surface area is 129 Å². The van der Waals surface area contributed by atoms with E-state index >= 15 is 0 Å². The number of fused-ring (bicyclic) bond motifs is 1. The summed E-state index contributed by atoms with van der Waals surface area (Å²) < 4.78 is 3.02. The maximum absolute atomic E-state index is 9.70. The fourth-order valence-corrected chi connectivity index (χ4v) is 2.98. The van der Waals surface area contributed by atoms with Crippen molar-refractivity contribution < 1.29 is 15.3 Å². The number of phenols is 3. The highest BCUT2D eigenvalue weighted by atomic mass is 32.1. The molecule has 0 spiro atoms. The van der Waals surface area contributed by atoms with Gasteiger partial charge in [-0.2, -0.15) is 5.10 Å². The maximum atomic E-state index is 9.70. The van der Waals surface area contributed by atoms with Crippen molar-refractivity contribution >= 4 is 27.8 Å². The number of benzene rings is 2. The lowest BCUT2D eigenvalue weighted by atomic mass is 10.2. The van der Waals surface area contributed by atoms with E-state index in [1.165, 1.54) is 29.7 Å². The third kappa shape index (κ3) is 2.42. The highest BCUT2D eigenvalue weighted by molar-refractivity contribution is 7.16. The smallest absolute Gasteiger partial charge is 0.211 e. The van der Waals surface area contributed by atoms with Crippen LogP contribution in [0.1, 0.15) is 5.56 Å². The molecule has 0 unspecified atom stereocenters. The van der Waals surface area contributed by atoms with Crippen molar-refractivity contribution in [1.29, 1.82) is 0 Å². The Hall–Kier alpha value is -2.80. The molecule has 6 nitrogen and oxygen atoms in total.